The summed E-state index contributed by atoms with van der Waals surface area (Å²) < 4.78 is 4.91. The molecule has 0 aliphatic rings. The molecule has 4 nitrogen and oxygen atoms in total. The van der Waals surface area contributed by atoms with Crippen molar-refractivity contribution in [2.24, 2.45) is 5.92 Å². The molecule has 0 fully saturated rings. The van der Waals surface area contributed by atoms with Gasteiger partial charge in [-0.2, -0.15) is 10.5 Å². The van der Waals surface area contributed by atoms with Gasteiger partial charge in [0.2, 0.25) is 0 Å². The maximum atomic E-state index is 8.34. The van der Waals surface area contributed by atoms with Gasteiger partial charge < -0.3 is 9.84 Å². The Morgan fingerprint density at radius 3 is 2.45 bits per heavy atom. The van der Waals surface area contributed by atoms with E-state index in [9.17, 15) is 0 Å². The average molecular weight is 154 g/mol. The molecule has 4 heteroatoms. The van der Waals surface area contributed by atoms with Crippen LogP contribution in [0.2, 0.25) is 0 Å². The van der Waals surface area contributed by atoms with Crippen molar-refractivity contribution in [3.63, 3.8) is 0 Å². The molecule has 0 spiro atoms. The zero-order valence-electron chi connectivity index (χ0n) is 6.16. The molecule has 0 rings (SSSR count). The van der Waals surface area contributed by atoms with Gasteiger partial charge in [0.15, 0.2) is 5.92 Å². The van der Waals surface area contributed by atoms with Gasteiger partial charge in [-0.3, -0.25) is 0 Å². The molecule has 0 aromatic heterocycles. The summed E-state index contributed by atoms with van der Waals surface area (Å²) >= 11 is 0. The third-order valence-corrected chi connectivity index (χ3v) is 1.04. The summed E-state index contributed by atoms with van der Waals surface area (Å²) in [7, 11) is 0. The van der Waals surface area contributed by atoms with Crippen molar-refractivity contribution in [2.75, 3.05) is 19.8 Å². The molecule has 0 saturated carbocycles. The van der Waals surface area contributed by atoms with Crippen LogP contribution >= 0.6 is 0 Å². The van der Waals surface area contributed by atoms with Gasteiger partial charge in [0.25, 0.3) is 0 Å². The van der Waals surface area contributed by atoms with E-state index in [-0.39, 0.29) is 13.2 Å². The highest BCUT2D eigenvalue weighted by atomic mass is 16.5. The lowest BCUT2D eigenvalue weighted by Gasteiger charge is -2.00. The highest BCUT2D eigenvalue weighted by Gasteiger charge is 2.03. The van der Waals surface area contributed by atoms with Crippen LogP contribution in [0, 0.1) is 28.6 Å². The normalized spacial score (nSPS) is 9.09. The van der Waals surface area contributed by atoms with Gasteiger partial charge in [-0.25, -0.2) is 0 Å². The average Bonchev–Trinajstić information content (AvgIpc) is 2.05. The van der Waals surface area contributed by atoms with Crippen LogP contribution in [0.3, 0.4) is 0 Å². The minimum atomic E-state index is -0.686. The van der Waals surface area contributed by atoms with E-state index in [1.807, 2.05) is 0 Å². The fraction of sp³-hybridized carbons (Fsp3) is 0.714. The van der Waals surface area contributed by atoms with E-state index in [0.29, 0.717) is 13.0 Å². The second-order valence-corrected chi connectivity index (χ2v) is 1.96. The predicted octanol–water partition coefficient (Wildman–Crippen LogP) is 0.0488. The quantitative estimate of drug-likeness (QED) is 0.567. The Morgan fingerprint density at radius 2 is 2.00 bits per heavy atom. The van der Waals surface area contributed by atoms with Crippen molar-refractivity contribution in [3.05, 3.63) is 0 Å². The van der Waals surface area contributed by atoms with Crippen LogP contribution in [-0.4, -0.2) is 24.9 Å². The summed E-state index contributed by atoms with van der Waals surface area (Å²) in [6, 6.07) is 3.56. The Labute approximate surface area is 65.6 Å². The molecule has 0 amide bonds. The first-order valence-corrected chi connectivity index (χ1v) is 3.33. The summed E-state index contributed by atoms with van der Waals surface area (Å²) in [4.78, 5) is 0. The summed E-state index contributed by atoms with van der Waals surface area (Å²) in [5.41, 5.74) is 0. The van der Waals surface area contributed by atoms with Crippen molar-refractivity contribution in [1.82, 2.24) is 0 Å². The van der Waals surface area contributed by atoms with Gasteiger partial charge >= 0.3 is 0 Å². The van der Waals surface area contributed by atoms with Crippen LogP contribution in [0.4, 0.5) is 0 Å². The zero-order chi connectivity index (χ0) is 8.53. The van der Waals surface area contributed by atoms with E-state index < -0.39 is 5.92 Å². The van der Waals surface area contributed by atoms with E-state index in [1.54, 1.807) is 12.1 Å². The Kier molecular flexibility index (Phi) is 6.31. The summed E-state index contributed by atoms with van der Waals surface area (Å²) in [5.74, 6) is -0.686. The van der Waals surface area contributed by atoms with Crippen LogP contribution in [0.15, 0.2) is 0 Å². The molecule has 0 atom stereocenters. The Hall–Kier alpha value is -1.10. The second-order valence-electron chi connectivity index (χ2n) is 1.96. The lowest BCUT2D eigenvalue weighted by atomic mass is 10.2. The first kappa shape index (κ1) is 9.90. The van der Waals surface area contributed by atoms with Crippen LogP contribution in [0.25, 0.3) is 0 Å². The highest BCUT2D eigenvalue weighted by molar-refractivity contribution is 4.98. The molecule has 1 N–H and O–H groups in total. The summed E-state index contributed by atoms with van der Waals surface area (Å²) in [6.07, 6.45) is 0.545. The molecule has 60 valence electrons. The molecule has 0 heterocycles. The van der Waals surface area contributed by atoms with Gasteiger partial charge in [-0.1, -0.05) is 0 Å². The smallest absolute Gasteiger partial charge is 0.156 e. The van der Waals surface area contributed by atoms with Crippen LogP contribution < -0.4 is 0 Å². The molecule has 0 saturated heterocycles. The Bertz CT molecular complexity index is 154. The van der Waals surface area contributed by atoms with Gasteiger partial charge in [-0.05, 0) is 6.42 Å². The fourth-order valence-corrected chi connectivity index (χ4v) is 0.471. The van der Waals surface area contributed by atoms with Gasteiger partial charge in [0.05, 0.1) is 18.7 Å². The summed E-state index contributed by atoms with van der Waals surface area (Å²) in [6.45, 7) is 0.604. The molecular weight excluding hydrogens is 144 g/mol. The van der Waals surface area contributed by atoms with Crippen molar-refractivity contribution >= 4 is 0 Å². The molecular formula is C7H10N2O2. The number of nitrogens with zero attached hydrogens (tertiary/aromatic N) is 2. The van der Waals surface area contributed by atoms with Crippen LogP contribution in [-0.2, 0) is 4.74 Å². The van der Waals surface area contributed by atoms with Gasteiger partial charge in [0.1, 0.15) is 0 Å². The fourth-order valence-electron chi connectivity index (χ4n) is 0.471. The van der Waals surface area contributed by atoms with Crippen LogP contribution in [0.5, 0.6) is 0 Å². The van der Waals surface area contributed by atoms with Gasteiger partial charge in [0, 0.05) is 13.2 Å². The standard InChI is InChI=1S/C7H10N2O2/c8-4-7(5-9)6-11-3-1-2-10/h7,10H,1-3,6H2. The molecule has 0 radical (unpaired) electrons. The highest BCUT2D eigenvalue weighted by Crippen LogP contribution is 1.93. The van der Waals surface area contributed by atoms with E-state index in [0.717, 1.165) is 0 Å². The number of nitriles is 2. The van der Waals surface area contributed by atoms with Crippen molar-refractivity contribution < 1.29 is 9.84 Å². The zero-order valence-corrected chi connectivity index (χ0v) is 6.16. The number of aliphatic hydroxyl groups excluding tert-OH is 1. The number of rotatable bonds is 5. The van der Waals surface area contributed by atoms with Crippen molar-refractivity contribution in [3.8, 4) is 12.1 Å². The number of hydrogen-bond acceptors (Lipinski definition) is 4. The van der Waals surface area contributed by atoms with E-state index >= 15 is 0 Å². The van der Waals surface area contributed by atoms with Crippen molar-refractivity contribution in [1.29, 1.82) is 10.5 Å². The van der Waals surface area contributed by atoms with Gasteiger partial charge in [-0.15, -0.1) is 0 Å². The SMILES string of the molecule is N#CC(C#N)COCCCO. The number of hydrogen-bond donors (Lipinski definition) is 1. The minimum Gasteiger partial charge on any atom is -0.396 e. The predicted molar refractivity (Wildman–Crippen MR) is 37.2 cm³/mol. The van der Waals surface area contributed by atoms with E-state index in [2.05, 4.69) is 0 Å². The number of aliphatic hydroxyl groups is 1. The third-order valence-electron chi connectivity index (χ3n) is 1.04. The maximum absolute atomic E-state index is 8.34. The lowest BCUT2D eigenvalue weighted by molar-refractivity contribution is 0.109. The number of ether oxygens (including phenoxy) is 1. The maximum Gasteiger partial charge on any atom is 0.156 e. The molecule has 0 aromatic carbocycles. The first-order chi connectivity index (χ1) is 5.35. The third kappa shape index (κ3) is 5.35. The monoisotopic (exact) mass is 154 g/mol. The Balaban J connectivity index is 3.25. The molecule has 11 heavy (non-hydrogen) atoms. The first-order valence-electron chi connectivity index (χ1n) is 3.33. The largest absolute Gasteiger partial charge is 0.396 e. The minimum absolute atomic E-state index is 0.0732. The molecule has 0 aromatic rings. The summed E-state index contributed by atoms with van der Waals surface area (Å²) in [5, 5.41) is 24.9. The molecule has 0 aliphatic carbocycles. The molecule has 0 unspecified atom stereocenters. The van der Waals surface area contributed by atoms with E-state index in [1.165, 1.54) is 0 Å². The topological polar surface area (TPSA) is 77.0 Å². The lowest BCUT2D eigenvalue weighted by Crippen LogP contribution is -2.06. The van der Waals surface area contributed by atoms with Crippen molar-refractivity contribution in [2.45, 2.75) is 6.42 Å². The Morgan fingerprint density at radius 1 is 1.36 bits per heavy atom. The van der Waals surface area contributed by atoms with E-state index in [4.69, 9.17) is 20.4 Å². The van der Waals surface area contributed by atoms with Crippen LogP contribution in [0.1, 0.15) is 6.42 Å². The molecule has 0 aliphatic heterocycles. The molecule has 0 bridgehead atoms. The second kappa shape index (κ2) is 7.01.